The van der Waals surface area contributed by atoms with E-state index < -0.39 is 34.3 Å². The van der Waals surface area contributed by atoms with Gasteiger partial charge in [0.15, 0.2) is 0 Å². The van der Waals surface area contributed by atoms with Crippen molar-refractivity contribution in [2.24, 2.45) is 0 Å². The number of carbonyl (C=O) groups excluding carboxylic acids is 2. The van der Waals surface area contributed by atoms with Crippen LogP contribution in [0.3, 0.4) is 0 Å². The first kappa shape index (κ1) is 24.7. The first-order valence-corrected chi connectivity index (χ1v) is 11.7. The molecule has 0 heterocycles. The van der Waals surface area contributed by atoms with E-state index in [2.05, 4.69) is 10.1 Å². The molecule has 178 valence electrons. The smallest absolute Gasteiger partial charge is 0.337 e. The minimum Gasteiger partial charge on any atom is -0.494 e. The van der Waals surface area contributed by atoms with E-state index in [-0.39, 0.29) is 10.6 Å². The molecular formula is C24H23FN2O6S. The fourth-order valence-corrected chi connectivity index (χ4v) is 4.48. The highest BCUT2D eigenvalue weighted by Gasteiger charge is 2.27. The summed E-state index contributed by atoms with van der Waals surface area (Å²) in [6.07, 6.45) is 0. The lowest BCUT2D eigenvalue weighted by molar-refractivity contribution is -0.114. The van der Waals surface area contributed by atoms with Gasteiger partial charge in [-0.15, -0.1) is 0 Å². The quantitative estimate of drug-likeness (QED) is 0.461. The lowest BCUT2D eigenvalue weighted by Crippen LogP contribution is -2.38. The Morgan fingerprint density at radius 1 is 0.941 bits per heavy atom. The molecule has 0 saturated heterocycles. The predicted octanol–water partition coefficient (Wildman–Crippen LogP) is 3.85. The summed E-state index contributed by atoms with van der Waals surface area (Å²) in [6.45, 7) is 1.71. The number of halogens is 1. The van der Waals surface area contributed by atoms with Crippen molar-refractivity contribution < 1.29 is 31.9 Å². The van der Waals surface area contributed by atoms with Gasteiger partial charge in [-0.25, -0.2) is 17.6 Å². The van der Waals surface area contributed by atoms with E-state index in [0.29, 0.717) is 23.6 Å². The lowest BCUT2D eigenvalue weighted by atomic mass is 10.2. The Bertz CT molecular complexity index is 1240. The van der Waals surface area contributed by atoms with Crippen molar-refractivity contribution in [3.63, 3.8) is 0 Å². The van der Waals surface area contributed by atoms with Crippen molar-refractivity contribution in [3.05, 3.63) is 84.2 Å². The molecule has 0 fully saturated rings. The molecule has 0 bridgehead atoms. The lowest BCUT2D eigenvalue weighted by Gasteiger charge is -2.24. The molecule has 3 aromatic rings. The number of amides is 1. The van der Waals surface area contributed by atoms with Crippen LogP contribution in [0.4, 0.5) is 15.8 Å². The number of nitrogens with zero attached hydrogens (tertiary/aromatic N) is 1. The highest BCUT2D eigenvalue weighted by atomic mass is 32.2. The number of carbonyl (C=O) groups is 2. The zero-order chi connectivity index (χ0) is 24.7. The highest BCUT2D eigenvalue weighted by molar-refractivity contribution is 7.92. The Balaban J connectivity index is 1.88. The molecule has 0 aliphatic heterocycles. The Hall–Kier alpha value is -3.92. The summed E-state index contributed by atoms with van der Waals surface area (Å²) in [4.78, 5) is 24.2. The van der Waals surface area contributed by atoms with Gasteiger partial charge < -0.3 is 14.8 Å². The minimum atomic E-state index is -4.20. The molecule has 10 heteroatoms. The van der Waals surface area contributed by atoms with Gasteiger partial charge in [-0.2, -0.15) is 0 Å². The normalized spacial score (nSPS) is 10.9. The van der Waals surface area contributed by atoms with Gasteiger partial charge in [-0.3, -0.25) is 9.10 Å². The second kappa shape index (κ2) is 10.8. The molecule has 34 heavy (non-hydrogen) atoms. The van der Waals surface area contributed by atoms with Crippen molar-refractivity contribution >= 4 is 33.3 Å². The molecule has 0 aliphatic carbocycles. The maximum atomic E-state index is 13.4. The maximum absolute atomic E-state index is 13.4. The zero-order valence-electron chi connectivity index (χ0n) is 18.5. The summed E-state index contributed by atoms with van der Waals surface area (Å²) in [7, 11) is -2.94. The third-order valence-corrected chi connectivity index (χ3v) is 6.50. The van der Waals surface area contributed by atoms with Crippen LogP contribution in [-0.2, 0) is 19.6 Å². The summed E-state index contributed by atoms with van der Waals surface area (Å²) < 4.78 is 51.0. The topological polar surface area (TPSA) is 102 Å². The summed E-state index contributed by atoms with van der Waals surface area (Å²) in [6, 6.07) is 16.5. The van der Waals surface area contributed by atoms with Crippen LogP contribution in [0.15, 0.2) is 77.7 Å². The second-order valence-corrected chi connectivity index (χ2v) is 8.87. The van der Waals surface area contributed by atoms with Crippen LogP contribution in [0.5, 0.6) is 5.75 Å². The number of esters is 1. The van der Waals surface area contributed by atoms with E-state index in [0.717, 1.165) is 28.6 Å². The summed E-state index contributed by atoms with van der Waals surface area (Å²) in [5, 5.41) is 2.61. The number of nitrogens with one attached hydrogen (secondary N) is 1. The van der Waals surface area contributed by atoms with Crippen LogP contribution < -0.4 is 14.4 Å². The number of hydrogen-bond donors (Lipinski definition) is 1. The Kier molecular flexibility index (Phi) is 7.85. The van der Waals surface area contributed by atoms with E-state index in [9.17, 15) is 22.4 Å². The zero-order valence-corrected chi connectivity index (χ0v) is 19.3. The highest BCUT2D eigenvalue weighted by Crippen LogP contribution is 2.26. The SMILES string of the molecule is CCOc1ccc(N(CC(=O)Nc2ccc(C(=O)OC)cc2)S(=O)(=O)c2ccc(F)cc2)cc1. The molecule has 0 spiro atoms. The van der Waals surface area contributed by atoms with Gasteiger partial charge in [-0.1, -0.05) is 0 Å². The van der Waals surface area contributed by atoms with Gasteiger partial charge in [0.05, 0.1) is 29.9 Å². The van der Waals surface area contributed by atoms with Gasteiger partial charge >= 0.3 is 5.97 Å². The van der Waals surface area contributed by atoms with Crippen molar-refractivity contribution in [3.8, 4) is 5.75 Å². The molecule has 3 aromatic carbocycles. The Morgan fingerprint density at radius 3 is 2.12 bits per heavy atom. The number of methoxy groups -OCH3 is 1. The molecular weight excluding hydrogens is 463 g/mol. The van der Waals surface area contributed by atoms with Crippen LogP contribution in [-0.4, -0.2) is 40.6 Å². The van der Waals surface area contributed by atoms with Gasteiger partial charge in [-0.05, 0) is 79.7 Å². The number of benzene rings is 3. The van der Waals surface area contributed by atoms with Gasteiger partial charge in [0.2, 0.25) is 5.91 Å². The monoisotopic (exact) mass is 486 g/mol. The number of hydrogen-bond acceptors (Lipinski definition) is 6. The second-order valence-electron chi connectivity index (χ2n) is 7.01. The van der Waals surface area contributed by atoms with Crippen molar-refractivity contribution in [2.75, 3.05) is 29.9 Å². The van der Waals surface area contributed by atoms with Gasteiger partial charge in [0.25, 0.3) is 10.0 Å². The largest absolute Gasteiger partial charge is 0.494 e. The molecule has 8 nitrogen and oxygen atoms in total. The Morgan fingerprint density at radius 2 is 1.56 bits per heavy atom. The molecule has 0 unspecified atom stereocenters. The molecule has 0 aromatic heterocycles. The van der Waals surface area contributed by atoms with Crippen LogP contribution in [0.2, 0.25) is 0 Å². The van der Waals surface area contributed by atoms with Crippen LogP contribution in [0.25, 0.3) is 0 Å². The number of anilines is 2. The molecule has 1 amide bonds. The molecule has 0 aliphatic rings. The van der Waals surface area contributed by atoms with Gasteiger partial charge in [0, 0.05) is 5.69 Å². The first-order valence-electron chi connectivity index (χ1n) is 10.2. The van der Waals surface area contributed by atoms with E-state index in [4.69, 9.17) is 4.74 Å². The van der Waals surface area contributed by atoms with Crippen LogP contribution in [0.1, 0.15) is 17.3 Å². The Labute approximate surface area is 197 Å². The number of ether oxygens (including phenoxy) is 2. The van der Waals surface area contributed by atoms with Crippen LogP contribution in [0, 0.1) is 5.82 Å². The van der Waals surface area contributed by atoms with Crippen molar-refractivity contribution in [1.82, 2.24) is 0 Å². The maximum Gasteiger partial charge on any atom is 0.337 e. The standard InChI is InChI=1S/C24H23FN2O6S/c1-3-33-21-12-10-20(11-13-21)27(34(30,31)22-14-6-18(25)7-15-22)16-23(28)26-19-8-4-17(5-9-19)24(29)32-2/h4-15H,3,16H2,1-2H3,(H,26,28). The fourth-order valence-electron chi connectivity index (χ4n) is 3.06. The molecule has 0 atom stereocenters. The molecule has 0 saturated carbocycles. The number of rotatable bonds is 9. The summed E-state index contributed by atoms with van der Waals surface area (Å²) in [5.41, 5.74) is 0.892. The summed E-state index contributed by atoms with van der Waals surface area (Å²) >= 11 is 0. The average molecular weight is 487 g/mol. The average Bonchev–Trinajstić information content (AvgIpc) is 2.83. The molecule has 0 radical (unpaired) electrons. The minimum absolute atomic E-state index is 0.169. The van der Waals surface area contributed by atoms with Crippen molar-refractivity contribution in [2.45, 2.75) is 11.8 Å². The molecule has 3 rings (SSSR count). The predicted molar refractivity (Wildman–Crippen MR) is 125 cm³/mol. The third kappa shape index (κ3) is 5.90. The van der Waals surface area contributed by atoms with Crippen molar-refractivity contribution in [1.29, 1.82) is 0 Å². The van der Waals surface area contributed by atoms with E-state index in [1.54, 1.807) is 12.1 Å². The number of sulfonamides is 1. The third-order valence-electron chi connectivity index (χ3n) is 4.71. The van der Waals surface area contributed by atoms with E-state index >= 15 is 0 Å². The van der Waals surface area contributed by atoms with Crippen LogP contribution >= 0.6 is 0 Å². The first-order chi connectivity index (χ1) is 16.2. The van der Waals surface area contributed by atoms with E-state index in [1.807, 2.05) is 6.92 Å². The van der Waals surface area contributed by atoms with E-state index in [1.165, 1.54) is 43.5 Å². The fraction of sp³-hybridized carbons (Fsp3) is 0.167. The molecule has 1 N–H and O–H groups in total. The summed E-state index contributed by atoms with van der Waals surface area (Å²) in [5.74, 6) is -1.18. The van der Waals surface area contributed by atoms with Gasteiger partial charge in [0.1, 0.15) is 18.1 Å².